The van der Waals surface area contributed by atoms with Gasteiger partial charge in [0.05, 0.1) is 0 Å². The minimum atomic E-state index is -3.65. The quantitative estimate of drug-likeness (QED) is 0.808. The van der Waals surface area contributed by atoms with Crippen molar-refractivity contribution in [1.29, 1.82) is 0 Å². The second-order valence-electron chi connectivity index (χ2n) is 7.09. The van der Waals surface area contributed by atoms with Crippen molar-refractivity contribution in [3.63, 3.8) is 0 Å². The lowest BCUT2D eigenvalue weighted by Crippen LogP contribution is -2.37. The summed E-state index contributed by atoms with van der Waals surface area (Å²) in [5, 5.41) is 0. The SMILES string of the molecule is CN(CCN1CCCC1=O)S(=O)(=O)c1cccc2c1OC(C)(C)C2. The average molecular weight is 352 g/mol. The molecule has 2 aliphatic rings. The van der Waals surface area contributed by atoms with Crippen LogP contribution < -0.4 is 4.74 Å². The predicted molar refractivity (Wildman–Crippen MR) is 90.5 cm³/mol. The Hall–Kier alpha value is -1.60. The van der Waals surface area contributed by atoms with E-state index in [1.807, 2.05) is 19.9 Å². The number of hydrogen-bond donors (Lipinski definition) is 0. The fraction of sp³-hybridized carbons (Fsp3) is 0.588. The summed E-state index contributed by atoms with van der Waals surface area (Å²) in [5.41, 5.74) is 0.526. The number of fused-ring (bicyclic) bond motifs is 1. The van der Waals surface area contributed by atoms with Crippen LogP contribution in [0.1, 0.15) is 32.3 Å². The summed E-state index contributed by atoms with van der Waals surface area (Å²) in [7, 11) is -2.10. The maximum Gasteiger partial charge on any atom is 0.246 e. The molecule has 6 nitrogen and oxygen atoms in total. The van der Waals surface area contributed by atoms with Gasteiger partial charge in [0.15, 0.2) is 0 Å². The molecule has 0 bridgehead atoms. The Balaban J connectivity index is 1.79. The first kappa shape index (κ1) is 17.2. The molecule has 0 N–H and O–H groups in total. The molecule has 1 fully saturated rings. The van der Waals surface area contributed by atoms with E-state index in [2.05, 4.69) is 0 Å². The number of nitrogens with zero attached hydrogens (tertiary/aromatic N) is 2. The summed E-state index contributed by atoms with van der Waals surface area (Å²) in [5.74, 6) is 0.568. The van der Waals surface area contributed by atoms with Crippen molar-refractivity contribution in [3.8, 4) is 5.75 Å². The molecule has 0 unspecified atom stereocenters. The second-order valence-corrected chi connectivity index (χ2v) is 9.11. The van der Waals surface area contributed by atoms with Gasteiger partial charge in [-0.25, -0.2) is 8.42 Å². The van der Waals surface area contributed by atoms with E-state index in [-0.39, 0.29) is 17.3 Å². The zero-order valence-corrected chi connectivity index (χ0v) is 15.2. The van der Waals surface area contributed by atoms with E-state index in [9.17, 15) is 13.2 Å². The number of benzene rings is 1. The molecular formula is C17H24N2O4S. The highest BCUT2D eigenvalue weighted by Crippen LogP contribution is 2.40. The van der Waals surface area contributed by atoms with Gasteiger partial charge < -0.3 is 9.64 Å². The Morgan fingerprint density at radius 3 is 2.75 bits per heavy atom. The molecule has 0 saturated carbocycles. The van der Waals surface area contributed by atoms with Gasteiger partial charge in [0.2, 0.25) is 15.9 Å². The number of carbonyl (C=O) groups excluding carboxylic acids is 1. The van der Waals surface area contributed by atoms with E-state index >= 15 is 0 Å². The molecule has 1 amide bonds. The number of carbonyl (C=O) groups is 1. The van der Waals surface area contributed by atoms with Crippen LogP contribution in [0, 0.1) is 0 Å². The van der Waals surface area contributed by atoms with Gasteiger partial charge in [0, 0.05) is 39.5 Å². The first-order chi connectivity index (χ1) is 11.2. The molecule has 0 radical (unpaired) electrons. The summed E-state index contributed by atoms with van der Waals surface area (Å²) in [6.45, 7) is 5.32. The summed E-state index contributed by atoms with van der Waals surface area (Å²) in [4.78, 5) is 13.6. The number of likely N-dealkylation sites (tertiary alicyclic amines) is 1. The van der Waals surface area contributed by atoms with Crippen LogP contribution in [-0.2, 0) is 21.2 Å². The van der Waals surface area contributed by atoms with Crippen molar-refractivity contribution < 1.29 is 17.9 Å². The topological polar surface area (TPSA) is 66.9 Å². The van der Waals surface area contributed by atoms with Gasteiger partial charge in [-0.3, -0.25) is 4.79 Å². The molecule has 3 rings (SSSR count). The molecule has 132 valence electrons. The summed E-state index contributed by atoms with van der Waals surface area (Å²) in [6, 6.07) is 5.26. The smallest absolute Gasteiger partial charge is 0.246 e. The molecule has 0 aromatic heterocycles. The zero-order chi connectivity index (χ0) is 17.5. The van der Waals surface area contributed by atoms with Crippen molar-refractivity contribution >= 4 is 15.9 Å². The van der Waals surface area contributed by atoms with Gasteiger partial charge in [-0.15, -0.1) is 0 Å². The molecule has 1 saturated heterocycles. The highest BCUT2D eigenvalue weighted by atomic mass is 32.2. The van der Waals surface area contributed by atoms with Gasteiger partial charge >= 0.3 is 0 Å². The predicted octanol–water partition coefficient (Wildman–Crippen LogP) is 1.64. The van der Waals surface area contributed by atoms with Crippen LogP contribution in [0.3, 0.4) is 0 Å². The average Bonchev–Trinajstić information content (AvgIpc) is 3.04. The van der Waals surface area contributed by atoms with E-state index in [0.29, 0.717) is 31.7 Å². The maximum atomic E-state index is 12.9. The molecule has 24 heavy (non-hydrogen) atoms. The minimum Gasteiger partial charge on any atom is -0.486 e. The van der Waals surface area contributed by atoms with E-state index in [0.717, 1.165) is 12.0 Å². The van der Waals surface area contributed by atoms with E-state index < -0.39 is 15.6 Å². The van der Waals surface area contributed by atoms with Crippen molar-refractivity contribution in [2.75, 3.05) is 26.7 Å². The standard InChI is InChI=1S/C17H24N2O4S/c1-17(2)12-13-6-4-7-14(16(13)23-17)24(21,22)18(3)10-11-19-9-5-8-15(19)20/h4,6-7H,5,8-12H2,1-3H3. The van der Waals surface area contributed by atoms with Crippen molar-refractivity contribution in [1.82, 2.24) is 9.21 Å². The van der Waals surface area contributed by atoms with Crippen LogP contribution in [0.4, 0.5) is 0 Å². The fourth-order valence-electron chi connectivity index (χ4n) is 3.28. The van der Waals surface area contributed by atoms with E-state index in [1.165, 1.54) is 4.31 Å². The molecule has 0 aliphatic carbocycles. The summed E-state index contributed by atoms with van der Waals surface area (Å²) < 4.78 is 33.1. The number of rotatable bonds is 5. The largest absolute Gasteiger partial charge is 0.486 e. The molecule has 2 aliphatic heterocycles. The molecule has 0 spiro atoms. The number of para-hydroxylation sites is 1. The van der Waals surface area contributed by atoms with Crippen LogP contribution in [0.15, 0.2) is 23.1 Å². The fourth-order valence-corrected chi connectivity index (χ4v) is 4.60. The first-order valence-corrected chi connectivity index (χ1v) is 9.70. The molecule has 1 aromatic carbocycles. The Bertz CT molecular complexity index is 758. The Kier molecular flexibility index (Phi) is 4.34. The van der Waals surface area contributed by atoms with Gasteiger partial charge in [-0.1, -0.05) is 12.1 Å². The zero-order valence-electron chi connectivity index (χ0n) is 14.4. The third kappa shape index (κ3) is 3.15. The Morgan fingerprint density at radius 1 is 1.33 bits per heavy atom. The number of sulfonamides is 1. The highest BCUT2D eigenvalue weighted by molar-refractivity contribution is 7.89. The number of ether oxygens (including phenoxy) is 1. The summed E-state index contributed by atoms with van der Waals surface area (Å²) in [6.07, 6.45) is 2.10. The van der Waals surface area contributed by atoms with Gasteiger partial charge in [0.1, 0.15) is 16.2 Å². The van der Waals surface area contributed by atoms with Crippen LogP contribution in [0.25, 0.3) is 0 Å². The molecule has 7 heteroatoms. The number of amides is 1. The van der Waals surface area contributed by atoms with Crippen molar-refractivity contribution in [2.45, 2.75) is 43.6 Å². The van der Waals surface area contributed by atoms with Gasteiger partial charge in [0.25, 0.3) is 0 Å². The van der Waals surface area contributed by atoms with Crippen molar-refractivity contribution in [2.24, 2.45) is 0 Å². The highest BCUT2D eigenvalue weighted by Gasteiger charge is 2.36. The monoisotopic (exact) mass is 352 g/mol. The summed E-state index contributed by atoms with van der Waals surface area (Å²) >= 11 is 0. The minimum absolute atomic E-state index is 0.103. The lowest BCUT2D eigenvalue weighted by molar-refractivity contribution is -0.127. The molecule has 2 heterocycles. The van der Waals surface area contributed by atoms with Crippen LogP contribution in [-0.4, -0.2) is 55.8 Å². The van der Waals surface area contributed by atoms with Crippen LogP contribution in [0.2, 0.25) is 0 Å². The second kappa shape index (κ2) is 6.04. The first-order valence-electron chi connectivity index (χ1n) is 8.26. The number of hydrogen-bond acceptors (Lipinski definition) is 4. The Labute approximate surface area is 143 Å². The maximum absolute atomic E-state index is 12.9. The van der Waals surface area contributed by atoms with Crippen molar-refractivity contribution in [3.05, 3.63) is 23.8 Å². The molecule has 0 atom stereocenters. The molecular weight excluding hydrogens is 328 g/mol. The number of likely N-dealkylation sites (N-methyl/N-ethyl adjacent to an activating group) is 1. The molecule has 1 aromatic rings. The van der Waals surface area contributed by atoms with Crippen LogP contribution >= 0.6 is 0 Å². The van der Waals surface area contributed by atoms with E-state index in [1.54, 1.807) is 24.1 Å². The lowest BCUT2D eigenvalue weighted by atomic mass is 10.0. The van der Waals surface area contributed by atoms with Gasteiger partial charge in [-0.05, 0) is 31.9 Å². The van der Waals surface area contributed by atoms with Crippen LogP contribution in [0.5, 0.6) is 5.75 Å². The normalized spacial score (nSPS) is 19.7. The third-order valence-electron chi connectivity index (χ3n) is 4.60. The van der Waals surface area contributed by atoms with Gasteiger partial charge in [-0.2, -0.15) is 4.31 Å². The Morgan fingerprint density at radius 2 is 2.08 bits per heavy atom. The lowest BCUT2D eigenvalue weighted by Gasteiger charge is -2.23. The van der Waals surface area contributed by atoms with E-state index in [4.69, 9.17) is 4.74 Å². The third-order valence-corrected chi connectivity index (χ3v) is 6.48.